The van der Waals surface area contributed by atoms with Crippen LogP contribution in [0.1, 0.15) is 101 Å². The maximum Gasteiger partial charge on any atom is 0.311 e. The number of carbonyl (C=O) groups is 1. The lowest BCUT2D eigenvalue weighted by Gasteiger charge is -2.49. The van der Waals surface area contributed by atoms with Crippen LogP contribution in [0.5, 0.6) is 5.75 Å². The molecule has 0 radical (unpaired) electrons. The van der Waals surface area contributed by atoms with Gasteiger partial charge in [0, 0.05) is 43.7 Å². The van der Waals surface area contributed by atoms with E-state index < -0.39 is 102 Å². The highest BCUT2D eigenvalue weighted by Gasteiger charge is 2.53. The maximum absolute atomic E-state index is 14.4. The fraction of sp³-hybridized carbons (Fsp3) is 0.826. The van der Waals surface area contributed by atoms with Gasteiger partial charge in [0.05, 0.1) is 60.0 Å². The molecule has 18 atom stereocenters. The van der Waals surface area contributed by atoms with E-state index in [1.807, 2.05) is 63.2 Å². The Kier molecular flexibility index (Phi) is 18.6. The molecular formula is C46H78N2O14. The predicted octanol–water partition coefficient (Wildman–Crippen LogP) is 4.06. The first-order chi connectivity index (χ1) is 29.0. The van der Waals surface area contributed by atoms with E-state index in [9.17, 15) is 30.3 Å². The molecule has 3 aliphatic rings. The van der Waals surface area contributed by atoms with Gasteiger partial charge in [-0.05, 0) is 87.0 Å². The molecule has 16 heteroatoms. The zero-order chi connectivity index (χ0) is 46.3. The van der Waals surface area contributed by atoms with E-state index in [0.29, 0.717) is 25.2 Å². The van der Waals surface area contributed by atoms with Gasteiger partial charge >= 0.3 is 5.97 Å². The number of oxime groups is 1. The topological polar surface area (TPSA) is 208 Å². The Bertz CT molecular complexity index is 1560. The van der Waals surface area contributed by atoms with Crippen LogP contribution in [0.15, 0.2) is 35.5 Å². The van der Waals surface area contributed by atoms with Gasteiger partial charge in [0.2, 0.25) is 0 Å². The number of ether oxygens (including phenoxy) is 7. The molecule has 3 fully saturated rings. The zero-order valence-electron chi connectivity index (χ0n) is 39.3. The van der Waals surface area contributed by atoms with E-state index in [1.54, 1.807) is 48.5 Å². The van der Waals surface area contributed by atoms with Crippen LogP contribution < -0.4 is 4.74 Å². The molecule has 356 valence electrons. The van der Waals surface area contributed by atoms with Gasteiger partial charge in [0.25, 0.3) is 0 Å². The lowest BCUT2D eigenvalue weighted by molar-refractivity contribution is -0.317. The quantitative estimate of drug-likeness (QED) is 0.108. The summed E-state index contributed by atoms with van der Waals surface area (Å²) in [7, 11) is 5.23. The molecule has 0 spiro atoms. The minimum absolute atomic E-state index is 0.0103. The van der Waals surface area contributed by atoms with E-state index in [0.717, 1.165) is 5.75 Å². The average molecular weight is 883 g/mol. The second kappa shape index (κ2) is 22.1. The van der Waals surface area contributed by atoms with Crippen LogP contribution in [0.4, 0.5) is 0 Å². The van der Waals surface area contributed by atoms with E-state index in [1.165, 1.54) is 14.0 Å². The molecule has 5 N–H and O–H groups in total. The zero-order valence-corrected chi connectivity index (χ0v) is 39.3. The number of nitrogens with zero attached hydrogens (tertiary/aromatic N) is 2. The van der Waals surface area contributed by atoms with Gasteiger partial charge in [-0.3, -0.25) is 4.79 Å². The first kappa shape index (κ1) is 52.1. The number of methoxy groups -OCH3 is 1. The molecule has 3 saturated heterocycles. The number of hydrogen-bond donors (Lipinski definition) is 5. The van der Waals surface area contributed by atoms with Crippen LogP contribution in [0.3, 0.4) is 0 Å². The lowest BCUT2D eigenvalue weighted by atomic mass is 9.73. The summed E-state index contributed by atoms with van der Waals surface area (Å²) in [5.41, 5.74) is -4.42. The Hall–Kier alpha value is -2.48. The fourth-order valence-electron chi connectivity index (χ4n) is 9.54. The van der Waals surface area contributed by atoms with E-state index in [-0.39, 0.29) is 38.0 Å². The molecule has 16 nitrogen and oxygen atoms in total. The minimum Gasteiger partial charge on any atom is -0.493 e. The Labute approximate surface area is 369 Å². The van der Waals surface area contributed by atoms with Gasteiger partial charge in [-0.25, -0.2) is 0 Å². The van der Waals surface area contributed by atoms with Crippen molar-refractivity contribution in [2.75, 3.05) is 34.4 Å². The van der Waals surface area contributed by atoms with Crippen molar-refractivity contribution in [3.8, 4) is 5.75 Å². The molecule has 2 unspecified atom stereocenters. The Morgan fingerprint density at radius 3 is 2.16 bits per heavy atom. The third-order valence-electron chi connectivity index (χ3n) is 13.4. The summed E-state index contributed by atoms with van der Waals surface area (Å²) in [5.74, 6) is -3.35. The van der Waals surface area contributed by atoms with Crippen molar-refractivity contribution in [3.05, 3.63) is 30.3 Å². The van der Waals surface area contributed by atoms with Crippen molar-refractivity contribution >= 4 is 11.7 Å². The van der Waals surface area contributed by atoms with Gasteiger partial charge in [-0.1, -0.05) is 51.0 Å². The van der Waals surface area contributed by atoms with Crippen LogP contribution >= 0.6 is 0 Å². The lowest BCUT2D eigenvalue weighted by Crippen LogP contribution is -2.61. The molecule has 3 heterocycles. The molecule has 1 aromatic rings. The summed E-state index contributed by atoms with van der Waals surface area (Å²) >= 11 is 0. The molecule has 3 aliphatic heterocycles. The van der Waals surface area contributed by atoms with Crippen LogP contribution in [0.25, 0.3) is 0 Å². The van der Waals surface area contributed by atoms with Crippen LogP contribution in [-0.4, -0.2) is 161 Å². The third kappa shape index (κ3) is 12.4. The van der Waals surface area contributed by atoms with Crippen molar-refractivity contribution in [3.63, 3.8) is 0 Å². The maximum atomic E-state index is 14.4. The van der Waals surface area contributed by atoms with E-state index in [2.05, 4.69) is 5.16 Å². The summed E-state index contributed by atoms with van der Waals surface area (Å²) in [6, 6.07) is 9.08. The summed E-state index contributed by atoms with van der Waals surface area (Å²) in [6.07, 6.45) is -8.92. The molecule has 0 aromatic heterocycles. The first-order valence-corrected chi connectivity index (χ1v) is 22.4. The molecule has 4 rings (SSSR count). The smallest absolute Gasteiger partial charge is 0.311 e. The van der Waals surface area contributed by atoms with Crippen LogP contribution in [-0.2, 0) is 38.1 Å². The number of benzene rings is 1. The number of hydrogen-bond acceptors (Lipinski definition) is 16. The average Bonchev–Trinajstić information content (AvgIpc) is 3.22. The number of para-hydroxylation sites is 1. The number of rotatable bonds is 13. The van der Waals surface area contributed by atoms with Crippen molar-refractivity contribution < 1.29 is 68.3 Å². The standard InChI is InChI=1S/C46H78N2O14/c1-14-34-46(10,54)39(50)28(4)36(47-57-22-18-21-56-32-19-16-15-17-20-32)26(2)24-44(8,53)41(62-43-37(49)33(48(11)12)23-27(3)58-43)29(5)38(30(6)42(52)60-34)61-35-25-45(9,55-13)40(51)31(7)59-35/h15-17,19-20,26-31,33-35,37-41,43,49-51,53-54H,14,18,21-25H2,1-13H3/b47-36+/t26-,27-,28+,29+,30-,31+,33+,34-,35?,37-,38+,39-,40+,41-,43+,44?,45-,46-/m1/s1. The normalized spacial score (nSPS) is 43.5. The van der Waals surface area contributed by atoms with Crippen molar-refractivity contribution in [1.82, 2.24) is 4.90 Å². The van der Waals surface area contributed by atoms with Gasteiger partial charge in [-0.15, -0.1) is 0 Å². The largest absolute Gasteiger partial charge is 0.493 e. The summed E-state index contributed by atoms with van der Waals surface area (Å²) in [4.78, 5) is 22.2. The molecule has 0 bridgehead atoms. The van der Waals surface area contributed by atoms with Gasteiger partial charge in [0.15, 0.2) is 12.6 Å². The van der Waals surface area contributed by atoms with E-state index >= 15 is 0 Å². The van der Waals surface area contributed by atoms with Crippen LogP contribution in [0, 0.1) is 23.7 Å². The summed E-state index contributed by atoms with van der Waals surface area (Å²) < 4.78 is 43.7. The molecular weight excluding hydrogens is 805 g/mol. The van der Waals surface area contributed by atoms with Gasteiger partial charge < -0.3 is 68.4 Å². The highest BCUT2D eigenvalue weighted by atomic mass is 16.7. The van der Waals surface area contributed by atoms with Crippen molar-refractivity contribution in [1.29, 1.82) is 0 Å². The summed E-state index contributed by atoms with van der Waals surface area (Å²) in [6.45, 7) is 17.7. The Balaban J connectivity index is 1.80. The minimum atomic E-state index is -1.96. The number of cyclic esters (lactones) is 1. The van der Waals surface area contributed by atoms with Crippen molar-refractivity contribution in [2.45, 2.75) is 186 Å². The highest BCUT2D eigenvalue weighted by Crippen LogP contribution is 2.41. The number of aliphatic hydroxyl groups is 5. The number of likely N-dealkylation sites (N-methyl/N-ethyl adjacent to an activating group) is 1. The fourth-order valence-corrected chi connectivity index (χ4v) is 9.54. The Morgan fingerprint density at radius 1 is 0.887 bits per heavy atom. The van der Waals surface area contributed by atoms with Crippen molar-refractivity contribution in [2.24, 2.45) is 28.8 Å². The second-order valence-corrected chi connectivity index (χ2v) is 18.9. The van der Waals surface area contributed by atoms with E-state index in [4.69, 9.17) is 38.0 Å². The molecule has 1 aromatic carbocycles. The highest BCUT2D eigenvalue weighted by molar-refractivity contribution is 5.88. The predicted molar refractivity (Wildman–Crippen MR) is 231 cm³/mol. The molecule has 0 saturated carbocycles. The molecule has 0 aliphatic carbocycles. The SMILES string of the molecule is CC[C@H]1OC(=O)[C@H](C)[C@@H](OC2C[C@@](C)(OC)[C@@H](O)[C@H](C)O2)[C@H](C)[C@@H](O[C@@H]2O[C@H](C)C[C@H](N(C)C)[C@H]2O)C(C)(O)C[C@@H](C)/C(=N\OCCCOc2ccccc2)[C@H](C)[C@@H](O)[C@]1(C)O. The Morgan fingerprint density at radius 2 is 1.55 bits per heavy atom. The number of aliphatic hydroxyl groups excluding tert-OH is 3. The van der Waals surface area contributed by atoms with Gasteiger partial charge in [0.1, 0.15) is 36.3 Å². The van der Waals surface area contributed by atoms with Crippen LogP contribution in [0.2, 0.25) is 0 Å². The summed E-state index contributed by atoms with van der Waals surface area (Å²) in [5, 5.41) is 64.1. The number of carbonyl (C=O) groups excluding carboxylic acids is 1. The van der Waals surface area contributed by atoms with Gasteiger partial charge in [-0.2, -0.15) is 0 Å². The molecule has 62 heavy (non-hydrogen) atoms. The monoisotopic (exact) mass is 883 g/mol. The second-order valence-electron chi connectivity index (χ2n) is 18.9. The number of esters is 1. The molecule has 0 amide bonds. The third-order valence-corrected chi connectivity index (χ3v) is 13.4. The first-order valence-electron chi connectivity index (χ1n) is 22.4.